The van der Waals surface area contributed by atoms with Gasteiger partial charge in [0.15, 0.2) is 0 Å². The van der Waals surface area contributed by atoms with Crippen LogP contribution in [-0.2, 0) is 21.4 Å². The van der Waals surface area contributed by atoms with Gasteiger partial charge >= 0.3 is 0 Å². The Balaban J connectivity index is 1.51. The fourth-order valence-electron chi connectivity index (χ4n) is 5.30. The zero-order valence-corrected chi connectivity index (χ0v) is 19.3. The first-order chi connectivity index (χ1) is 15.5. The number of anilines is 2. The fourth-order valence-corrected chi connectivity index (χ4v) is 5.30. The molecule has 2 aliphatic heterocycles. The molecule has 0 radical (unpaired) electrons. The third kappa shape index (κ3) is 3.79. The number of carbonyl (C=O) groups is 1. The number of H-pyrrole nitrogens is 1. The minimum absolute atomic E-state index is 0.0147. The van der Waals surface area contributed by atoms with Gasteiger partial charge in [-0.05, 0) is 54.2 Å². The van der Waals surface area contributed by atoms with Gasteiger partial charge in [0.1, 0.15) is 0 Å². The van der Waals surface area contributed by atoms with Crippen LogP contribution in [0.15, 0.2) is 18.3 Å². The predicted molar refractivity (Wildman–Crippen MR) is 128 cm³/mol. The number of amides is 1. The van der Waals surface area contributed by atoms with Crippen LogP contribution in [0, 0.1) is 0 Å². The van der Waals surface area contributed by atoms with Crippen molar-refractivity contribution >= 4 is 28.9 Å². The van der Waals surface area contributed by atoms with E-state index in [0.29, 0.717) is 32.8 Å². The van der Waals surface area contributed by atoms with Crippen LogP contribution in [0.1, 0.15) is 49.1 Å². The van der Waals surface area contributed by atoms with E-state index in [2.05, 4.69) is 52.5 Å². The molecule has 0 spiro atoms. The molecular weight excluding hydrogens is 402 g/mol. The van der Waals surface area contributed by atoms with Crippen molar-refractivity contribution in [1.82, 2.24) is 15.1 Å². The number of hydrogen-bond acceptors (Lipinski definition) is 5. The summed E-state index contributed by atoms with van der Waals surface area (Å²) in [7, 11) is 1.99. The smallest absolute Gasteiger partial charge is 0.242 e. The molecule has 2 aromatic rings. The second-order valence-corrected chi connectivity index (χ2v) is 9.73. The molecule has 0 unspecified atom stereocenters. The van der Waals surface area contributed by atoms with Crippen LogP contribution in [0.4, 0.5) is 11.4 Å². The van der Waals surface area contributed by atoms with E-state index in [1.54, 1.807) is 0 Å². The van der Waals surface area contributed by atoms with Gasteiger partial charge in [0.25, 0.3) is 0 Å². The van der Waals surface area contributed by atoms with Crippen LogP contribution >= 0.6 is 0 Å². The summed E-state index contributed by atoms with van der Waals surface area (Å²) in [6, 6.07) is 4.60. The SMILES string of the molecule is CNc1cc2c(cc1C1=Cc3[nH]ncc3CCC1)N(CC(=O)N1CCOCC1)CC2(C)C. The van der Waals surface area contributed by atoms with Crippen molar-refractivity contribution in [2.24, 2.45) is 0 Å². The van der Waals surface area contributed by atoms with Crippen LogP contribution in [0.2, 0.25) is 0 Å². The Morgan fingerprint density at radius 1 is 1.25 bits per heavy atom. The number of aryl methyl sites for hydroxylation is 1. The molecule has 1 aromatic carbocycles. The summed E-state index contributed by atoms with van der Waals surface area (Å²) in [5.41, 5.74) is 8.54. The quantitative estimate of drug-likeness (QED) is 0.771. The molecule has 5 rings (SSSR count). The number of aromatic nitrogens is 2. The summed E-state index contributed by atoms with van der Waals surface area (Å²) < 4.78 is 5.42. The average molecular weight is 436 g/mol. The molecule has 1 saturated heterocycles. The van der Waals surface area contributed by atoms with Gasteiger partial charge in [0.2, 0.25) is 5.91 Å². The third-order valence-electron chi connectivity index (χ3n) is 7.06. The van der Waals surface area contributed by atoms with E-state index in [4.69, 9.17) is 4.74 Å². The standard InChI is InChI=1S/C25H33N5O2/c1-25(2)16-30(15-24(31)29-7-9-32-10-8-29)23-12-19(22(26-3)13-20(23)25)17-5-4-6-18-14-27-28-21(18)11-17/h11-14,26H,4-10,15-16H2,1-3H3,(H,27,28). The Hall–Kier alpha value is -2.80. The molecule has 7 heteroatoms. The van der Waals surface area contributed by atoms with E-state index < -0.39 is 0 Å². The lowest BCUT2D eigenvalue weighted by Crippen LogP contribution is -2.46. The van der Waals surface area contributed by atoms with Gasteiger partial charge in [0.05, 0.1) is 31.6 Å². The largest absolute Gasteiger partial charge is 0.388 e. The van der Waals surface area contributed by atoms with E-state index in [9.17, 15) is 4.79 Å². The molecule has 0 atom stereocenters. The number of fused-ring (bicyclic) bond motifs is 2. The maximum atomic E-state index is 13.0. The Bertz CT molecular complexity index is 1050. The molecule has 3 aliphatic rings. The number of benzene rings is 1. The van der Waals surface area contributed by atoms with E-state index >= 15 is 0 Å². The van der Waals surface area contributed by atoms with E-state index in [-0.39, 0.29) is 11.3 Å². The van der Waals surface area contributed by atoms with Gasteiger partial charge in [-0.25, -0.2) is 0 Å². The molecule has 1 aliphatic carbocycles. The lowest BCUT2D eigenvalue weighted by molar-refractivity contribution is -0.133. The Morgan fingerprint density at radius 3 is 2.84 bits per heavy atom. The van der Waals surface area contributed by atoms with Crippen molar-refractivity contribution in [3.63, 3.8) is 0 Å². The molecule has 0 bridgehead atoms. The monoisotopic (exact) mass is 435 g/mol. The molecule has 0 saturated carbocycles. The first-order valence-electron chi connectivity index (χ1n) is 11.7. The maximum Gasteiger partial charge on any atom is 0.242 e. The highest BCUT2D eigenvalue weighted by Crippen LogP contribution is 2.45. The minimum atomic E-state index is -0.0147. The topological polar surface area (TPSA) is 73.5 Å². The average Bonchev–Trinajstić information content (AvgIpc) is 3.26. The summed E-state index contributed by atoms with van der Waals surface area (Å²) in [4.78, 5) is 17.2. The van der Waals surface area contributed by atoms with Gasteiger partial charge in [-0.3, -0.25) is 9.89 Å². The summed E-state index contributed by atoms with van der Waals surface area (Å²) in [6.07, 6.45) is 7.35. The Labute approximate surface area is 189 Å². The lowest BCUT2D eigenvalue weighted by Gasteiger charge is -2.30. The van der Waals surface area contributed by atoms with Gasteiger partial charge in [-0.2, -0.15) is 5.10 Å². The number of allylic oxidation sites excluding steroid dienone is 1. The normalized spacial score (nSPS) is 19.8. The summed E-state index contributed by atoms with van der Waals surface area (Å²) in [6.45, 7) is 8.43. The first kappa shape index (κ1) is 21.1. The zero-order valence-electron chi connectivity index (χ0n) is 19.3. The number of nitrogens with zero attached hydrogens (tertiary/aromatic N) is 3. The van der Waals surface area contributed by atoms with Crippen molar-refractivity contribution < 1.29 is 9.53 Å². The minimum Gasteiger partial charge on any atom is -0.388 e. The molecule has 3 heterocycles. The molecule has 1 aromatic heterocycles. The number of carbonyl (C=O) groups excluding carboxylic acids is 1. The van der Waals surface area contributed by atoms with Gasteiger partial charge in [-0.15, -0.1) is 0 Å². The molecule has 1 amide bonds. The maximum absolute atomic E-state index is 13.0. The van der Waals surface area contributed by atoms with Crippen LogP contribution in [0.3, 0.4) is 0 Å². The highest BCUT2D eigenvalue weighted by atomic mass is 16.5. The number of nitrogens with one attached hydrogen (secondary N) is 2. The summed E-state index contributed by atoms with van der Waals surface area (Å²) in [5, 5.41) is 10.8. The lowest BCUT2D eigenvalue weighted by atomic mass is 9.85. The Morgan fingerprint density at radius 2 is 2.06 bits per heavy atom. The van der Waals surface area contributed by atoms with Crippen LogP contribution < -0.4 is 10.2 Å². The molecule has 32 heavy (non-hydrogen) atoms. The van der Waals surface area contributed by atoms with E-state index in [0.717, 1.165) is 37.2 Å². The van der Waals surface area contributed by atoms with Crippen LogP contribution in [-0.4, -0.2) is 67.4 Å². The molecular formula is C25H33N5O2. The summed E-state index contributed by atoms with van der Waals surface area (Å²) in [5.74, 6) is 0.187. The molecule has 2 N–H and O–H groups in total. The number of ether oxygens (including phenoxy) is 1. The highest BCUT2D eigenvalue weighted by Gasteiger charge is 2.37. The summed E-state index contributed by atoms with van der Waals surface area (Å²) >= 11 is 0. The fraction of sp³-hybridized carbons (Fsp3) is 0.520. The molecule has 1 fully saturated rings. The van der Waals surface area contributed by atoms with Crippen molar-refractivity contribution in [1.29, 1.82) is 0 Å². The first-order valence-corrected chi connectivity index (χ1v) is 11.7. The van der Waals surface area contributed by atoms with Gasteiger partial charge < -0.3 is 19.9 Å². The van der Waals surface area contributed by atoms with Crippen LogP contribution in [0.5, 0.6) is 0 Å². The second kappa shape index (κ2) is 8.28. The number of rotatable bonds is 4. The molecule has 7 nitrogen and oxygen atoms in total. The second-order valence-electron chi connectivity index (χ2n) is 9.73. The van der Waals surface area contributed by atoms with Gasteiger partial charge in [0, 0.05) is 49.0 Å². The van der Waals surface area contributed by atoms with Gasteiger partial charge in [-0.1, -0.05) is 13.8 Å². The number of morpholine rings is 1. The number of hydrogen-bond donors (Lipinski definition) is 2. The van der Waals surface area contributed by atoms with Crippen molar-refractivity contribution in [2.75, 3.05) is 56.7 Å². The van der Waals surface area contributed by atoms with Crippen molar-refractivity contribution in [3.05, 3.63) is 40.7 Å². The number of aromatic amines is 1. The van der Waals surface area contributed by atoms with Crippen LogP contribution in [0.25, 0.3) is 11.6 Å². The van der Waals surface area contributed by atoms with E-state index in [1.165, 1.54) is 28.0 Å². The predicted octanol–water partition coefficient (Wildman–Crippen LogP) is 3.28. The van der Waals surface area contributed by atoms with Crippen molar-refractivity contribution in [3.8, 4) is 0 Å². The zero-order chi connectivity index (χ0) is 22.3. The molecule has 170 valence electrons. The third-order valence-corrected chi connectivity index (χ3v) is 7.06. The van der Waals surface area contributed by atoms with Crippen molar-refractivity contribution in [2.45, 2.75) is 38.5 Å². The highest BCUT2D eigenvalue weighted by molar-refractivity contribution is 5.91. The Kier molecular flexibility index (Phi) is 5.45. The van der Waals surface area contributed by atoms with E-state index in [1.807, 2.05) is 18.1 Å².